The Bertz CT molecular complexity index is 1160. The summed E-state index contributed by atoms with van der Waals surface area (Å²) in [5.41, 5.74) is 4.89. The van der Waals surface area contributed by atoms with Crippen LogP contribution in [0.15, 0.2) is 42.6 Å². The molecule has 3 aromatic rings. The zero-order chi connectivity index (χ0) is 23.5. The number of fused-ring (bicyclic) bond motifs is 2. The molecule has 34 heavy (non-hydrogen) atoms. The van der Waals surface area contributed by atoms with Gasteiger partial charge in [0.25, 0.3) is 0 Å². The zero-order valence-corrected chi connectivity index (χ0v) is 20.3. The second-order valence-corrected chi connectivity index (χ2v) is 9.66. The van der Waals surface area contributed by atoms with Crippen LogP contribution in [0, 0.1) is 5.92 Å². The van der Waals surface area contributed by atoms with Crippen LogP contribution >= 0.6 is 0 Å². The molecule has 0 spiro atoms. The van der Waals surface area contributed by atoms with Crippen LogP contribution in [0.2, 0.25) is 0 Å². The Labute approximate surface area is 201 Å². The number of carbonyl (C=O) groups excluding carboxylic acids is 1. The number of benzene rings is 2. The normalized spacial score (nSPS) is 18.8. The molecule has 3 heterocycles. The average Bonchev–Trinajstić information content (AvgIpc) is 3.45. The van der Waals surface area contributed by atoms with E-state index in [0.29, 0.717) is 18.1 Å². The lowest BCUT2D eigenvalue weighted by atomic mass is 10.0. The lowest BCUT2D eigenvalue weighted by molar-refractivity contribution is -0.130. The molecule has 5 rings (SSSR count). The molecule has 6 nitrogen and oxygen atoms in total. The van der Waals surface area contributed by atoms with E-state index in [-0.39, 0.29) is 5.91 Å². The van der Waals surface area contributed by atoms with E-state index in [0.717, 1.165) is 63.3 Å². The summed E-state index contributed by atoms with van der Waals surface area (Å²) in [6.07, 6.45) is 6.90. The van der Waals surface area contributed by atoms with Crippen molar-refractivity contribution in [1.82, 2.24) is 14.8 Å². The number of aromatic nitrogens is 1. The molecule has 2 aliphatic rings. The van der Waals surface area contributed by atoms with Gasteiger partial charge in [-0.25, -0.2) is 0 Å². The molecule has 0 radical (unpaired) electrons. The van der Waals surface area contributed by atoms with Crippen LogP contribution in [0.3, 0.4) is 0 Å². The third-order valence-electron chi connectivity index (χ3n) is 7.50. The zero-order valence-electron chi connectivity index (χ0n) is 20.3. The van der Waals surface area contributed by atoms with Crippen LogP contribution < -0.4 is 9.47 Å². The smallest absolute Gasteiger partial charge is 0.227 e. The van der Waals surface area contributed by atoms with Crippen LogP contribution in [0.4, 0.5) is 0 Å². The van der Waals surface area contributed by atoms with Gasteiger partial charge in [0, 0.05) is 36.7 Å². The summed E-state index contributed by atoms with van der Waals surface area (Å²) in [5.74, 6) is 2.22. The maximum atomic E-state index is 13.0. The highest BCUT2D eigenvalue weighted by atomic mass is 16.5. The second-order valence-electron chi connectivity index (χ2n) is 9.66. The Morgan fingerprint density at radius 2 is 1.85 bits per heavy atom. The van der Waals surface area contributed by atoms with Crippen LogP contribution in [0.25, 0.3) is 10.9 Å². The molecule has 1 saturated heterocycles. The fourth-order valence-electron chi connectivity index (χ4n) is 5.62. The summed E-state index contributed by atoms with van der Waals surface area (Å²) in [7, 11) is 3.30. The van der Waals surface area contributed by atoms with Gasteiger partial charge in [-0.2, -0.15) is 0 Å². The topological polar surface area (TPSA) is 57.8 Å². The molecule has 1 N–H and O–H groups in total. The quantitative estimate of drug-likeness (QED) is 0.550. The number of hydrogen-bond donors (Lipinski definition) is 1. The minimum Gasteiger partial charge on any atom is -0.493 e. The SMILES string of the molecule is COc1cc2c(cc1OC)CC(=O)N(CC1CCN(CCCc3c[nH]c4ccccc34)C1)CC2. The van der Waals surface area contributed by atoms with E-state index in [4.69, 9.17) is 9.47 Å². The number of ether oxygens (including phenoxy) is 2. The number of rotatable bonds is 8. The van der Waals surface area contributed by atoms with Crippen LogP contribution in [-0.4, -0.2) is 67.6 Å². The van der Waals surface area contributed by atoms with E-state index in [1.54, 1.807) is 14.2 Å². The standard InChI is InChI=1S/C28H35N3O3/c1-33-26-14-21-10-13-31(28(32)16-23(21)15-27(26)34-2)19-20-9-12-30(18-20)11-5-6-22-17-29-25-8-4-3-7-24(22)25/h3-4,7-8,14-15,17,20,29H,5-6,9-13,16,18-19H2,1-2H3. The number of H-pyrrole nitrogens is 1. The van der Waals surface area contributed by atoms with Crippen LogP contribution in [0.1, 0.15) is 29.5 Å². The Balaban J connectivity index is 1.12. The van der Waals surface area contributed by atoms with Gasteiger partial charge in [0.2, 0.25) is 5.91 Å². The molecule has 1 aromatic heterocycles. The third kappa shape index (κ3) is 4.78. The highest BCUT2D eigenvalue weighted by molar-refractivity contribution is 5.83. The number of aryl methyl sites for hydroxylation is 1. The molecule has 1 atom stereocenters. The van der Waals surface area contributed by atoms with E-state index < -0.39 is 0 Å². The molecule has 180 valence electrons. The minimum atomic E-state index is 0.226. The van der Waals surface area contributed by atoms with E-state index in [2.05, 4.69) is 45.2 Å². The van der Waals surface area contributed by atoms with Crippen molar-refractivity contribution in [2.24, 2.45) is 5.92 Å². The van der Waals surface area contributed by atoms with Crippen molar-refractivity contribution in [2.45, 2.75) is 32.1 Å². The van der Waals surface area contributed by atoms with Gasteiger partial charge in [0.1, 0.15) is 0 Å². The molecule has 6 heteroatoms. The summed E-state index contributed by atoms with van der Waals surface area (Å²) in [6.45, 7) is 4.98. The van der Waals surface area contributed by atoms with Crippen molar-refractivity contribution in [3.05, 3.63) is 59.3 Å². The van der Waals surface area contributed by atoms with Crippen LogP contribution in [-0.2, 0) is 24.1 Å². The van der Waals surface area contributed by atoms with E-state index in [1.165, 1.54) is 28.5 Å². The number of aromatic amines is 1. The van der Waals surface area contributed by atoms with Crippen molar-refractivity contribution in [2.75, 3.05) is 46.9 Å². The molecular formula is C28H35N3O3. The van der Waals surface area contributed by atoms with Crippen molar-refractivity contribution >= 4 is 16.8 Å². The molecular weight excluding hydrogens is 426 g/mol. The van der Waals surface area contributed by atoms with Crippen molar-refractivity contribution in [3.8, 4) is 11.5 Å². The Hall–Kier alpha value is -2.99. The molecule has 2 aliphatic heterocycles. The average molecular weight is 462 g/mol. The van der Waals surface area contributed by atoms with Gasteiger partial charge in [-0.05, 0) is 79.6 Å². The van der Waals surface area contributed by atoms with Crippen molar-refractivity contribution in [3.63, 3.8) is 0 Å². The number of methoxy groups -OCH3 is 2. The Kier molecular flexibility index (Phi) is 6.77. The lowest BCUT2D eigenvalue weighted by Gasteiger charge is -2.24. The number of hydrogen-bond acceptors (Lipinski definition) is 4. The maximum absolute atomic E-state index is 13.0. The van der Waals surface area contributed by atoms with Crippen molar-refractivity contribution in [1.29, 1.82) is 0 Å². The lowest BCUT2D eigenvalue weighted by Crippen LogP contribution is -2.37. The van der Waals surface area contributed by atoms with E-state index in [1.807, 2.05) is 12.1 Å². The van der Waals surface area contributed by atoms with Gasteiger partial charge < -0.3 is 24.3 Å². The van der Waals surface area contributed by atoms with Gasteiger partial charge in [-0.1, -0.05) is 18.2 Å². The monoisotopic (exact) mass is 461 g/mol. The Morgan fingerprint density at radius 1 is 1.06 bits per heavy atom. The number of carbonyl (C=O) groups is 1. The number of para-hydroxylation sites is 1. The minimum absolute atomic E-state index is 0.226. The van der Waals surface area contributed by atoms with Gasteiger partial charge in [-0.15, -0.1) is 0 Å². The summed E-state index contributed by atoms with van der Waals surface area (Å²) < 4.78 is 10.9. The molecule has 1 fully saturated rings. The summed E-state index contributed by atoms with van der Waals surface area (Å²) >= 11 is 0. The number of nitrogens with one attached hydrogen (secondary N) is 1. The van der Waals surface area contributed by atoms with Crippen LogP contribution in [0.5, 0.6) is 11.5 Å². The molecule has 0 bridgehead atoms. The van der Waals surface area contributed by atoms with E-state index in [9.17, 15) is 4.79 Å². The summed E-state index contributed by atoms with van der Waals surface area (Å²) in [5, 5.41) is 1.35. The third-order valence-corrected chi connectivity index (χ3v) is 7.50. The molecule has 0 saturated carbocycles. The number of amides is 1. The van der Waals surface area contributed by atoms with Gasteiger partial charge in [-0.3, -0.25) is 4.79 Å². The first-order valence-electron chi connectivity index (χ1n) is 12.4. The first-order valence-corrected chi connectivity index (χ1v) is 12.4. The number of nitrogens with zero attached hydrogens (tertiary/aromatic N) is 2. The fourth-order valence-corrected chi connectivity index (χ4v) is 5.62. The maximum Gasteiger partial charge on any atom is 0.227 e. The fraction of sp³-hybridized carbons (Fsp3) is 0.464. The second kappa shape index (κ2) is 10.1. The predicted molar refractivity (Wildman–Crippen MR) is 135 cm³/mol. The van der Waals surface area contributed by atoms with Gasteiger partial charge in [0.05, 0.1) is 20.6 Å². The molecule has 1 unspecified atom stereocenters. The van der Waals surface area contributed by atoms with Gasteiger partial charge >= 0.3 is 0 Å². The first-order chi connectivity index (χ1) is 16.6. The molecule has 1 amide bonds. The first kappa shape index (κ1) is 22.8. The van der Waals surface area contributed by atoms with Gasteiger partial charge in [0.15, 0.2) is 11.5 Å². The summed E-state index contributed by atoms with van der Waals surface area (Å²) in [4.78, 5) is 21.1. The van der Waals surface area contributed by atoms with E-state index >= 15 is 0 Å². The largest absolute Gasteiger partial charge is 0.493 e. The number of likely N-dealkylation sites (tertiary alicyclic amines) is 1. The molecule has 0 aliphatic carbocycles. The highest BCUT2D eigenvalue weighted by Crippen LogP contribution is 2.33. The predicted octanol–water partition coefficient (Wildman–Crippen LogP) is 4.07. The Morgan fingerprint density at radius 3 is 2.68 bits per heavy atom. The van der Waals surface area contributed by atoms with Crippen molar-refractivity contribution < 1.29 is 14.3 Å². The summed E-state index contributed by atoms with van der Waals surface area (Å²) in [6, 6.07) is 12.5. The molecule has 2 aromatic carbocycles. The highest BCUT2D eigenvalue weighted by Gasteiger charge is 2.28.